The lowest BCUT2D eigenvalue weighted by Gasteiger charge is -2.34. The van der Waals surface area contributed by atoms with Crippen LogP contribution in [0, 0.1) is 0 Å². The number of amides is 1. The minimum atomic E-state index is -0.494. The average Bonchev–Trinajstić information content (AvgIpc) is 2.54. The summed E-state index contributed by atoms with van der Waals surface area (Å²) in [7, 11) is 0. The number of hydrogen-bond donors (Lipinski definition) is 2. The second-order valence-electron chi connectivity index (χ2n) is 7.36. The van der Waals surface area contributed by atoms with Crippen molar-refractivity contribution in [1.82, 2.24) is 14.9 Å². The van der Waals surface area contributed by atoms with Crippen LogP contribution in [0.2, 0.25) is 0 Å². The third-order valence-electron chi connectivity index (χ3n) is 4.01. The van der Waals surface area contributed by atoms with Crippen molar-refractivity contribution in [1.29, 1.82) is 0 Å². The summed E-state index contributed by atoms with van der Waals surface area (Å²) in [5.41, 5.74) is 7.10. The van der Waals surface area contributed by atoms with Gasteiger partial charge in [0.05, 0.1) is 11.0 Å². The summed E-state index contributed by atoms with van der Waals surface area (Å²) in [4.78, 5) is 23.0. The van der Waals surface area contributed by atoms with Crippen molar-refractivity contribution >= 4 is 28.8 Å². The highest BCUT2D eigenvalue weighted by Gasteiger charge is 2.28. The standard InChI is InChI=1S/C18H25N5O2/c1-18(2,3)25-17(24)23-10-6-7-12(11-23)20-16-15(19)21-13-8-4-5-9-14(13)22-16/h4-5,8-9,12H,6-7,10-11H2,1-3H3,(H2,19,21)(H,20,22). The molecule has 2 aromatic rings. The summed E-state index contributed by atoms with van der Waals surface area (Å²) < 4.78 is 5.46. The number of hydrogen-bond acceptors (Lipinski definition) is 6. The first kappa shape index (κ1) is 17.3. The maximum Gasteiger partial charge on any atom is 0.410 e. The number of ether oxygens (including phenoxy) is 1. The third-order valence-corrected chi connectivity index (χ3v) is 4.01. The fourth-order valence-electron chi connectivity index (χ4n) is 2.90. The molecule has 1 aromatic carbocycles. The number of nitrogen functional groups attached to an aromatic ring is 1. The maximum atomic E-state index is 12.3. The highest BCUT2D eigenvalue weighted by atomic mass is 16.6. The molecule has 7 nitrogen and oxygen atoms in total. The van der Waals surface area contributed by atoms with Crippen LogP contribution in [0.3, 0.4) is 0 Å². The van der Waals surface area contributed by atoms with E-state index in [4.69, 9.17) is 10.5 Å². The van der Waals surface area contributed by atoms with Gasteiger partial charge in [-0.05, 0) is 45.7 Å². The molecule has 1 saturated heterocycles. The number of piperidine rings is 1. The van der Waals surface area contributed by atoms with Gasteiger partial charge in [-0.1, -0.05) is 12.1 Å². The fraction of sp³-hybridized carbons (Fsp3) is 0.500. The fourth-order valence-corrected chi connectivity index (χ4v) is 2.90. The van der Waals surface area contributed by atoms with Gasteiger partial charge >= 0.3 is 6.09 Å². The lowest BCUT2D eigenvalue weighted by molar-refractivity contribution is 0.0206. The first-order chi connectivity index (χ1) is 11.8. The number of anilines is 2. The van der Waals surface area contributed by atoms with Gasteiger partial charge < -0.3 is 20.7 Å². The van der Waals surface area contributed by atoms with Crippen LogP contribution in [-0.4, -0.2) is 45.7 Å². The normalized spacial score (nSPS) is 18.2. The van der Waals surface area contributed by atoms with Crippen molar-refractivity contribution in [3.8, 4) is 0 Å². The van der Waals surface area contributed by atoms with Crippen molar-refractivity contribution in [3.05, 3.63) is 24.3 Å². The molecule has 3 rings (SSSR count). The molecule has 1 atom stereocenters. The van der Waals surface area contributed by atoms with Crippen molar-refractivity contribution in [2.45, 2.75) is 45.3 Å². The number of benzene rings is 1. The molecule has 1 aromatic heterocycles. The molecule has 2 heterocycles. The van der Waals surface area contributed by atoms with E-state index in [0.29, 0.717) is 24.7 Å². The summed E-state index contributed by atoms with van der Waals surface area (Å²) in [6.45, 7) is 6.87. The van der Waals surface area contributed by atoms with Crippen LogP contribution in [0.4, 0.5) is 16.4 Å². The first-order valence-electron chi connectivity index (χ1n) is 8.58. The minimum Gasteiger partial charge on any atom is -0.444 e. The van der Waals surface area contributed by atoms with Gasteiger partial charge in [0.1, 0.15) is 5.60 Å². The largest absolute Gasteiger partial charge is 0.444 e. The Morgan fingerprint density at radius 3 is 2.64 bits per heavy atom. The minimum absolute atomic E-state index is 0.0685. The summed E-state index contributed by atoms with van der Waals surface area (Å²) in [5, 5.41) is 3.34. The number of carbonyl (C=O) groups is 1. The third kappa shape index (κ3) is 4.29. The Morgan fingerprint density at radius 1 is 1.28 bits per heavy atom. The van der Waals surface area contributed by atoms with E-state index in [1.165, 1.54) is 0 Å². The molecule has 1 unspecified atom stereocenters. The van der Waals surface area contributed by atoms with Crippen LogP contribution in [0.15, 0.2) is 24.3 Å². The Hall–Kier alpha value is -2.57. The molecule has 1 aliphatic heterocycles. The Kier molecular flexibility index (Phi) is 4.65. The molecule has 0 saturated carbocycles. The Bertz CT molecular complexity index is 772. The van der Waals surface area contributed by atoms with Crippen molar-refractivity contribution in [2.75, 3.05) is 24.1 Å². The topological polar surface area (TPSA) is 93.4 Å². The van der Waals surface area contributed by atoms with E-state index in [1.807, 2.05) is 45.0 Å². The van der Waals surface area contributed by atoms with E-state index in [-0.39, 0.29) is 12.1 Å². The van der Waals surface area contributed by atoms with E-state index in [1.54, 1.807) is 4.90 Å². The van der Waals surface area contributed by atoms with Crippen LogP contribution in [0.1, 0.15) is 33.6 Å². The number of likely N-dealkylation sites (tertiary alicyclic amines) is 1. The van der Waals surface area contributed by atoms with E-state index in [0.717, 1.165) is 23.9 Å². The number of aromatic nitrogens is 2. The van der Waals surface area contributed by atoms with Gasteiger partial charge in [0, 0.05) is 19.1 Å². The van der Waals surface area contributed by atoms with Crippen LogP contribution < -0.4 is 11.1 Å². The second kappa shape index (κ2) is 6.74. The van der Waals surface area contributed by atoms with Crippen LogP contribution in [0.5, 0.6) is 0 Å². The Balaban J connectivity index is 1.70. The molecule has 1 amide bonds. The van der Waals surface area contributed by atoms with Crippen LogP contribution >= 0.6 is 0 Å². The highest BCUT2D eigenvalue weighted by Crippen LogP contribution is 2.22. The van der Waals surface area contributed by atoms with E-state index < -0.39 is 5.60 Å². The predicted octanol–water partition coefficient (Wildman–Crippen LogP) is 3.02. The number of carbonyl (C=O) groups excluding carboxylic acids is 1. The van der Waals surface area contributed by atoms with Gasteiger partial charge in [0.2, 0.25) is 0 Å². The number of nitrogens with zero attached hydrogens (tertiary/aromatic N) is 3. The van der Waals surface area contributed by atoms with Crippen molar-refractivity contribution in [2.24, 2.45) is 0 Å². The Labute approximate surface area is 147 Å². The van der Waals surface area contributed by atoms with Gasteiger partial charge in [-0.2, -0.15) is 0 Å². The molecular weight excluding hydrogens is 318 g/mol. The van der Waals surface area contributed by atoms with E-state index in [2.05, 4.69) is 15.3 Å². The molecule has 0 bridgehead atoms. The second-order valence-corrected chi connectivity index (χ2v) is 7.36. The molecule has 25 heavy (non-hydrogen) atoms. The van der Waals surface area contributed by atoms with Gasteiger partial charge in [-0.15, -0.1) is 0 Å². The zero-order valence-electron chi connectivity index (χ0n) is 15.0. The number of rotatable bonds is 2. The lowest BCUT2D eigenvalue weighted by atomic mass is 10.1. The molecular formula is C18H25N5O2. The maximum absolute atomic E-state index is 12.3. The number of fused-ring (bicyclic) bond motifs is 1. The zero-order valence-corrected chi connectivity index (χ0v) is 15.0. The van der Waals surface area contributed by atoms with E-state index >= 15 is 0 Å². The first-order valence-corrected chi connectivity index (χ1v) is 8.58. The van der Waals surface area contributed by atoms with Crippen LogP contribution in [0.25, 0.3) is 11.0 Å². The average molecular weight is 343 g/mol. The molecule has 134 valence electrons. The van der Waals surface area contributed by atoms with Gasteiger partial charge in [0.25, 0.3) is 0 Å². The predicted molar refractivity (Wildman–Crippen MR) is 98.4 cm³/mol. The SMILES string of the molecule is CC(C)(C)OC(=O)N1CCCC(Nc2nc3ccccc3nc2N)C1. The van der Waals surface area contributed by atoms with Crippen molar-refractivity contribution < 1.29 is 9.53 Å². The quantitative estimate of drug-likeness (QED) is 0.870. The van der Waals surface area contributed by atoms with E-state index in [9.17, 15) is 4.79 Å². The summed E-state index contributed by atoms with van der Waals surface area (Å²) in [5.74, 6) is 0.933. The van der Waals surface area contributed by atoms with Gasteiger partial charge in [0.15, 0.2) is 11.6 Å². The van der Waals surface area contributed by atoms with Crippen LogP contribution in [-0.2, 0) is 4.74 Å². The zero-order chi connectivity index (χ0) is 18.0. The van der Waals surface area contributed by atoms with Gasteiger partial charge in [-0.3, -0.25) is 0 Å². The number of nitrogens with one attached hydrogen (secondary N) is 1. The highest BCUT2D eigenvalue weighted by molar-refractivity contribution is 5.79. The molecule has 3 N–H and O–H groups in total. The summed E-state index contributed by atoms with van der Waals surface area (Å²) in [6, 6.07) is 7.68. The molecule has 7 heteroatoms. The lowest BCUT2D eigenvalue weighted by Crippen LogP contribution is -2.47. The van der Waals surface area contributed by atoms with Crippen molar-refractivity contribution in [3.63, 3.8) is 0 Å². The molecule has 1 aliphatic rings. The molecule has 0 aliphatic carbocycles. The Morgan fingerprint density at radius 2 is 1.96 bits per heavy atom. The number of nitrogens with two attached hydrogens (primary N) is 1. The monoisotopic (exact) mass is 343 g/mol. The smallest absolute Gasteiger partial charge is 0.410 e. The summed E-state index contributed by atoms with van der Waals surface area (Å²) in [6.07, 6.45) is 1.56. The number of para-hydroxylation sites is 2. The van der Waals surface area contributed by atoms with Gasteiger partial charge in [-0.25, -0.2) is 14.8 Å². The molecule has 0 radical (unpaired) electrons. The molecule has 1 fully saturated rings. The summed E-state index contributed by atoms with van der Waals surface area (Å²) >= 11 is 0. The molecule has 0 spiro atoms.